The van der Waals surface area contributed by atoms with Crippen LogP contribution in [0.3, 0.4) is 0 Å². The first-order chi connectivity index (χ1) is 15.0. The minimum absolute atomic E-state index is 0.0580. The molecule has 3 aromatic heterocycles. The highest BCUT2D eigenvalue weighted by atomic mass is 32.2. The number of fused-ring (bicyclic) bond motifs is 1. The molecule has 0 N–H and O–H groups in total. The summed E-state index contributed by atoms with van der Waals surface area (Å²) in [4.78, 5) is 4.91. The molecular formula is C25H30N4O2S. The fraction of sp³-hybridized carbons (Fsp3) is 0.360. The Morgan fingerprint density at radius 2 is 1.69 bits per heavy atom. The molecule has 1 atom stereocenters. The summed E-state index contributed by atoms with van der Waals surface area (Å²) >= 11 is 0. The van der Waals surface area contributed by atoms with Gasteiger partial charge in [0.25, 0.3) is 10.0 Å². The maximum absolute atomic E-state index is 13.5. The first kappa shape index (κ1) is 22.3. The van der Waals surface area contributed by atoms with Crippen LogP contribution in [-0.4, -0.2) is 27.2 Å². The third-order valence-corrected chi connectivity index (χ3v) is 8.72. The number of pyridine rings is 1. The van der Waals surface area contributed by atoms with Crippen LogP contribution >= 0.6 is 0 Å². The van der Waals surface area contributed by atoms with Crippen molar-refractivity contribution < 1.29 is 8.42 Å². The topological polar surface area (TPSA) is 69.8 Å². The van der Waals surface area contributed by atoms with E-state index in [1.807, 2.05) is 19.4 Å². The Labute approximate surface area is 190 Å². The van der Waals surface area contributed by atoms with E-state index in [0.29, 0.717) is 11.6 Å². The summed E-state index contributed by atoms with van der Waals surface area (Å²) in [5, 5.41) is 5.09. The van der Waals surface area contributed by atoms with Gasteiger partial charge in [-0.05, 0) is 41.0 Å². The van der Waals surface area contributed by atoms with Crippen molar-refractivity contribution in [2.24, 2.45) is 18.4 Å². The Balaban J connectivity index is 1.96. The van der Waals surface area contributed by atoms with Crippen LogP contribution in [0.15, 0.2) is 66.1 Å². The van der Waals surface area contributed by atoms with Gasteiger partial charge in [-0.3, -0.25) is 4.68 Å². The van der Waals surface area contributed by atoms with Gasteiger partial charge in [-0.25, -0.2) is 17.4 Å². The van der Waals surface area contributed by atoms with Gasteiger partial charge < -0.3 is 0 Å². The molecule has 4 aromatic rings. The lowest BCUT2D eigenvalue weighted by atomic mass is 9.69. The van der Waals surface area contributed by atoms with E-state index in [1.54, 1.807) is 47.4 Å². The molecule has 0 aliphatic rings. The van der Waals surface area contributed by atoms with Gasteiger partial charge in [0.15, 0.2) is 5.65 Å². The summed E-state index contributed by atoms with van der Waals surface area (Å²) in [6, 6.07) is 10.6. The Morgan fingerprint density at radius 1 is 1.00 bits per heavy atom. The molecule has 0 saturated heterocycles. The van der Waals surface area contributed by atoms with Gasteiger partial charge in [0.2, 0.25) is 0 Å². The zero-order chi connectivity index (χ0) is 23.3. The highest BCUT2D eigenvalue weighted by Gasteiger charge is 2.31. The average Bonchev–Trinajstić information content (AvgIpc) is 3.37. The number of aromatic nitrogens is 4. The lowest BCUT2D eigenvalue weighted by Crippen LogP contribution is -2.26. The van der Waals surface area contributed by atoms with Crippen molar-refractivity contribution in [3.8, 4) is 11.1 Å². The van der Waals surface area contributed by atoms with Crippen LogP contribution in [0.4, 0.5) is 0 Å². The number of aryl methyl sites for hydroxylation is 1. The Hall–Kier alpha value is -2.93. The van der Waals surface area contributed by atoms with Crippen LogP contribution in [0.2, 0.25) is 0 Å². The van der Waals surface area contributed by atoms with Crippen LogP contribution in [0.25, 0.3) is 22.2 Å². The van der Waals surface area contributed by atoms with E-state index in [2.05, 4.69) is 50.8 Å². The SMILES string of the molecule is CC(C)C(C)(C)C(C)c1cnc2c(c1)c(-c1cnn(C)c1)cn2S(=O)(=O)c1ccccc1. The molecule has 0 fully saturated rings. The second-order valence-corrected chi connectivity index (χ2v) is 11.2. The molecule has 6 nitrogen and oxygen atoms in total. The molecule has 32 heavy (non-hydrogen) atoms. The van der Waals surface area contributed by atoms with E-state index in [0.717, 1.165) is 22.1 Å². The minimum atomic E-state index is -3.79. The van der Waals surface area contributed by atoms with Crippen molar-refractivity contribution in [3.05, 3.63) is 66.7 Å². The molecule has 0 amide bonds. The van der Waals surface area contributed by atoms with E-state index < -0.39 is 10.0 Å². The predicted molar refractivity (Wildman–Crippen MR) is 128 cm³/mol. The lowest BCUT2D eigenvalue weighted by Gasteiger charge is -2.36. The van der Waals surface area contributed by atoms with E-state index in [1.165, 1.54) is 3.97 Å². The third-order valence-electron chi connectivity index (χ3n) is 7.05. The Kier molecular flexibility index (Phi) is 5.49. The maximum Gasteiger partial charge on any atom is 0.269 e. The van der Waals surface area contributed by atoms with Crippen molar-refractivity contribution in [2.75, 3.05) is 0 Å². The van der Waals surface area contributed by atoms with Gasteiger partial charge in [0.1, 0.15) is 0 Å². The van der Waals surface area contributed by atoms with E-state index in [4.69, 9.17) is 0 Å². The molecule has 0 spiro atoms. The molecular weight excluding hydrogens is 420 g/mol. The van der Waals surface area contributed by atoms with Crippen molar-refractivity contribution in [1.82, 2.24) is 18.7 Å². The van der Waals surface area contributed by atoms with E-state index in [9.17, 15) is 8.42 Å². The zero-order valence-electron chi connectivity index (χ0n) is 19.4. The van der Waals surface area contributed by atoms with Gasteiger partial charge in [-0.15, -0.1) is 0 Å². The molecule has 168 valence electrons. The van der Waals surface area contributed by atoms with Gasteiger partial charge in [0, 0.05) is 42.2 Å². The van der Waals surface area contributed by atoms with E-state index >= 15 is 0 Å². The van der Waals surface area contributed by atoms with E-state index in [-0.39, 0.29) is 16.2 Å². The largest absolute Gasteiger partial charge is 0.275 e. The van der Waals surface area contributed by atoms with Crippen molar-refractivity contribution >= 4 is 21.1 Å². The Bertz CT molecular complexity index is 1370. The van der Waals surface area contributed by atoms with Crippen LogP contribution in [-0.2, 0) is 17.1 Å². The molecule has 3 heterocycles. The molecule has 0 saturated carbocycles. The second-order valence-electron chi connectivity index (χ2n) is 9.40. The van der Waals surface area contributed by atoms with Gasteiger partial charge in [-0.1, -0.05) is 52.8 Å². The molecule has 4 rings (SSSR count). The monoisotopic (exact) mass is 450 g/mol. The van der Waals surface area contributed by atoms with Crippen LogP contribution in [0.1, 0.15) is 46.1 Å². The van der Waals surface area contributed by atoms with Crippen LogP contribution < -0.4 is 0 Å². The maximum atomic E-state index is 13.5. The summed E-state index contributed by atoms with van der Waals surface area (Å²) in [6.07, 6.45) is 7.13. The van der Waals surface area contributed by atoms with Gasteiger partial charge in [0.05, 0.1) is 11.1 Å². The predicted octanol–water partition coefficient (Wildman–Crippen LogP) is 5.46. The first-order valence-electron chi connectivity index (χ1n) is 10.8. The highest BCUT2D eigenvalue weighted by Crippen LogP contribution is 2.42. The quantitative estimate of drug-likeness (QED) is 0.391. The summed E-state index contributed by atoms with van der Waals surface area (Å²) in [7, 11) is -1.95. The summed E-state index contributed by atoms with van der Waals surface area (Å²) < 4.78 is 29.9. The molecule has 7 heteroatoms. The first-order valence-corrected chi connectivity index (χ1v) is 12.3. The number of nitrogens with zero attached hydrogens (tertiary/aromatic N) is 4. The number of hydrogen-bond acceptors (Lipinski definition) is 4. The summed E-state index contributed by atoms with van der Waals surface area (Å²) in [6.45, 7) is 11.2. The molecule has 0 aliphatic carbocycles. The molecule has 1 unspecified atom stereocenters. The molecule has 0 bridgehead atoms. The minimum Gasteiger partial charge on any atom is -0.275 e. The van der Waals surface area contributed by atoms with Crippen molar-refractivity contribution in [1.29, 1.82) is 0 Å². The fourth-order valence-corrected chi connectivity index (χ4v) is 5.29. The molecule has 0 aliphatic heterocycles. The van der Waals surface area contributed by atoms with Crippen molar-refractivity contribution in [2.45, 2.75) is 45.4 Å². The lowest BCUT2D eigenvalue weighted by molar-refractivity contribution is 0.203. The standard InChI is InChI=1S/C25H30N4O2S/c1-17(2)25(4,5)18(3)19-12-22-23(20-14-27-28(6)15-20)16-29(24(22)26-13-19)32(30,31)21-10-8-7-9-11-21/h7-18H,1-6H3. The average molecular weight is 451 g/mol. The number of hydrogen-bond donors (Lipinski definition) is 0. The van der Waals surface area contributed by atoms with Crippen LogP contribution in [0.5, 0.6) is 0 Å². The second kappa shape index (κ2) is 7.89. The zero-order valence-corrected chi connectivity index (χ0v) is 20.3. The number of benzene rings is 1. The summed E-state index contributed by atoms with van der Waals surface area (Å²) in [5.74, 6) is 0.726. The third kappa shape index (κ3) is 3.64. The van der Waals surface area contributed by atoms with Crippen LogP contribution in [0, 0.1) is 11.3 Å². The normalized spacial score (nSPS) is 13.7. The molecule has 1 aromatic carbocycles. The summed E-state index contributed by atoms with van der Waals surface area (Å²) in [5.41, 5.74) is 3.23. The molecule has 0 radical (unpaired) electrons. The number of rotatable bonds is 6. The smallest absolute Gasteiger partial charge is 0.269 e. The Morgan fingerprint density at radius 3 is 2.28 bits per heavy atom. The van der Waals surface area contributed by atoms with Gasteiger partial charge >= 0.3 is 0 Å². The van der Waals surface area contributed by atoms with Crippen molar-refractivity contribution in [3.63, 3.8) is 0 Å². The van der Waals surface area contributed by atoms with Gasteiger partial charge in [-0.2, -0.15) is 5.10 Å². The highest BCUT2D eigenvalue weighted by molar-refractivity contribution is 7.90. The fourth-order valence-electron chi connectivity index (χ4n) is 3.94.